The third kappa shape index (κ3) is 11.0. The zero-order valence-electron chi connectivity index (χ0n) is 25.1. The van der Waals surface area contributed by atoms with Crippen LogP contribution in [0.25, 0.3) is 0 Å². The minimum Gasteiger partial charge on any atom is -0.480 e. The van der Waals surface area contributed by atoms with Crippen molar-refractivity contribution >= 4 is 23.8 Å². The standard InChI is InChI=1S/C27H45N3O7.C2H6/c1-7-17(3)27(6,18(4)8-2)22-13-20(19(5)29-22)14-23(31)28-12-10-9-11-21(26(36)37)30(15-24(32)33)16-25(34)35;1-2/h13,17-18,21,29H,7-12,14-16H2,1-6H3,(H,28,31)(H,32,33)(H,34,35)(H,36,37);1-2H3. The monoisotopic (exact) mass is 553 g/mol. The molecule has 224 valence electrons. The van der Waals surface area contributed by atoms with E-state index in [4.69, 9.17) is 10.2 Å². The lowest BCUT2D eigenvalue weighted by molar-refractivity contribution is -0.149. The first kappa shape index (κ1) is 36.1. The van der Waals surface area contributed by atoms with Gasteiger partial charge in [0.2, 0.25) is 5.91 Å². The first-order valence-corrected chi connectivity index (χ1v) is 14.1. The topological polar surface area (TPSA) is 160 Å². The molecule has 3 unspecified atom stereocenters. The molecule has 1 aromatic heterocycles. The summed E-state index contributed by atoms with van der Waals surface area (Å²) < 4.78 is 0. The Morgan fingerprint density at radius 2 is 1.49 bits per heavy atom. The molecule has 10 heteroatoms. The van der Waals surface area contributed by atoms with Crippen molar-refractivity contribution in [3.8, 4) is 0 Å². The van der Waals surface area contributed by atoms with E-state index in [-0.39, 0.29) is 24.2 Å². The maximum atomic E-state index is 12.6. The van der Waals surface area contributed by atoms with Crippen molar-refractivity contribution in [2.24, 2.45) is 11.8 Å². The highest BCUT2D eigenvalue weighted by Crippen LogP contribution is 2.42. The average molecular weight is 554 g/mol. The first-order chi connectivity index (χ1) is 18.3. The maximum Gasteiger partial charge on any atom is 0.320 e. The van der Waals surface area contributed by atoms with Gasteiger partial charge in [0.05, 0.1) is 19.5 Å². The molecular formula is C29H51N3O7. The fourth-order valence-electron chi connectivity index (χ4n) is 4.95. The van der Waals surface area contributed by atoms with Gasteiger partial charge in [0, 0.05) is 23.3 Å². The number of carboxylic acids is 3. The Labute approximate surface area is 233 Å². The van der Waals surface area contributed by atoms with Gasteiger partial charge in [0.1, 0.15) is 6.04 Å². The molecule has 1 amide bonds. The van der Waals surface area contributed by atoms with Crippen LogP contribution < -0.4 is 5.32 Å². The number of unbranched alkanes of at least 4 members (excludes halogenated alkanes) is 1. The van der Waals surface area contributed by atoms with E-state index in [0.29, 0.717) is 31.2 Å². The lowest BCUT2D eigenvalue weighted by Crippen LogP contribution is -2.46. The Morgan fingerprint density at radius 1 is 0.974 bits per heavy atom. The van der Waals surface area contributed by atoms with Crippen LogP contribution >= 0.6 is 0 Å². The van der Waals surface area contributed by atoms with Gasteiger partial charge in [0.15, 0.2) is 0 Å². The predicted octanol–water partition coefficient (Wildman–Crippen LogP) is 4.45. The molecule has 0 aliphatic rings. The molecule has 1 aromatic rings. The zero-order chi connectivity index (χ0) is 30.3. The van der Waals surface area contributed by atoms with Crippen LogP contribution in [-0.4, -0.2) is 74.7 Å². The number of hydrogen-bond acceptors (Lipinski definition) is 5. The van der Waals surface area contributed by atoms with Gasteiger partial charge in [-0.25, -0.2) is 0 Å². The molecule has 5 N–H and O–H groups in total. The largest absolute Gasteiger partial charge is 0.480 e. The van der Waals surface area contributed by atoms with E-state index in [1.54, 1.807) is 0 Å². The van der Waals surface area contributed by atoms with Crippen LogP contribution in [0.3, 0.4) is 0 Å². The van der Waals surface area contributed by atoms with Crippen LogP contribution in [0.4, 0.5) is 0 Å². The smallest absolute Gasteiger partial charge is 0.320 e. The van der Waals surface area contributed by atoms with Gasteiger partial charge in [-0.2, -0.15) is 0 Å². The van der Waals surface area contributed by atoms with E-state index in [1.807, 2.05) is 20.8 Å². The molecule has 3 atom stereocenters. The lowest BCUT2D eigenvalue weighted by atomic mass is 9.65. The Balaban J connectivity index is 0.00000704. The summed E-state index contributed by atoms with van der Waals surface area (Å²) >= 11 is 0. The highest BCUT2D eigenvalue weighted by Gasteiger charge is 2.38. The van der Waals surface area contributed by atoms with Crippen molar-refractivity contribution in [3.63, 3.8) is 0 Å². The number of carbonyl (C=O) groups excluding carboxylic acids is 1. The first-order valence-electron chi connectivity index (χ1n) is 14.1. The summed E-state index contributed by atoms with van der Waals surface area (Å²) in [5.74, 6) is -3.05. The van der Waals surface area contributed by atoms with Crippen LogP contribution in [0.15, 0.2) is 6.07 Å². The van der Waals surface area contributed by atoms with Crippen molar-refractivity contribution in [2.75, 3.05) is 19.6 Å². The number of nitrogens with zero attached hydrogens (tertiary/aromatic N) is 1. The molecule has 0 fully saturated rings. The summed E-state index contributed by atoms with van der Waals surface area (Å²) in [6.45, 7) is 16.2. The summed E-state index contributed by atoms with van der Waals surface area (Å²) in [6.07, 6.45) is 3.31. The molecule has 39 heavy (non-hydrogen) atoms. The van der Waals surface area contributed by atoms with Gasteiger partial charge in [0.25, 0.3) is 0 Å². The molecule has 0 radical (unpaired) electrons. The molecule has 0 saturated heterocycles. The van der Waals surface area contributed by atoms with Crippen LogP contribution in [0.5, 0.6) is 0 Å². The third-order valence-corrected chi connectivity index (χ3v) is 7.95. The SMILES string of the molecule is CC.CCC(C)C(C)(c1cc(CC(=O)NCCCCC(C(=O)O)N(CC(=O)O)CC(=O)O)c(C)[nH]1)C(C)CC. The summed E-state index contributed by atoms with van der Waals surface area (Å²) in [5.41, 5.74) is 3.06. The fraction of sp³-hybridized carbons (Fsp3) is 0.724. The number of H-pyrrole nitrogens is 1. The van der Waals surface area contributed by atoms with E-state index in [9.17, 15) is 24.3 Å². The molecule has 0 spiro atoms. The summed E-state index contributed by atoms with van der Waals surface area (Å²) in [7, 11) is 0. The van der Waals surface area contributed by atoms with Gasteiger partial charge in [-0.15, -0.1) is 0 Å². The number of carbonyl (C=O) groups is 4. The number of carboxylic acid groups (broad SMARTS) is 3. The van der Waals surface area contributed by atoms with Crippen molar-refractivity contribution in [1.82, 2.24) is 15.2 Å². The summed E-state index contributed by atoms with van der Waals surface area (Å²) in [6, 6.07) is 0.888. The van der Waals surface area contributed by atoms with E-state index >= 15 is 0 Å². The number of nitrogens with one attached hydrogen (secondary N) is 2. The van der Waals surface area contributed by atoms with Crippen molar-refractivity contribution in [1.29, 1.82) is 0 Å². The molecule has 1 heterocycles. The zero-order valence-corrected chi connectivity index (χ0v) is 25.1. The highest BCUT2D eigenvalue weighted by atomic mass is 16.4. The molecule has 0 saturated carbocycles. The maximum absolute atomic E-state index is 12.6. The average Bonchev–Trinajstić information content (AvgIpc) is 3.24. The molecule has 0 aliphatic heterocycles. The van der Waals surface area contributed by atoms with Crippen LogP contribution in [-0.2, 0) is 31.0 Å². The second kappa shape index (κ2) is 17.7. The normalized spacial score (nSPS) is 14.9. The van der Waals surface area contributed by atoms with E-state index in [1.165, 1.54) is 0 Å². The summed E-state index contributed by atoms with van der Waals surface area (Å²) in [4.78, 5) is 50.7. The van der Waals surface area contributed by atoms with E-state index in [2.05, 4.69) is 51.0 Å². The van der Waals surface area contributed by atoms with Crippen molar-refractivity contribution < 1.29 is 34.5 Å². The number of aromatic amines is 1. The second-order valence-electron chi connectivity index (χ2n) is 10.3. The number of aliphatic carboxylic acids is 3. The van der Waals surface area contributed by atoms with Gasteiger partial charge >= 0.3 is 17.9 Å². The molecular weight excluding hydrogens is 502 g/mol. The predicted molar refractivity (Wildman–Crippen MR) is 152 cm³/mol. The fourth-order valence-corrected chi connectivity index (χ4v) is 4.95. The number of hydrogen-bond donors (Lipinski definition) is 5. The number of rotatable bonds is 18. The lowest BCUT2D eigenvalue weighted by Gasteiger charge is -2.40. The van der Waals surface area contributed by atoms with Crippen molar-refractivity contribution in [3.05, 3.63) is 23.0 Å². The van der Waals surface area contributed by atoms with Crippen molar-refractivity contribution in [2.45, 2.75) is 105 Å². The van der Waals surface area contributed by atoms with E-state index < -0.39 is 37.0 Å². The Bertz CT molecular complexity index is 902. The molecule has 0 aromatic carbocycles. The molecule has 10 nitrogen and oxygen atoms in total. The van der Waals surface area contributed by atoms with Gasteiger partial charge in [-0.05, 0) is 49.7 Å². The minimum absolute atomic E-state index is 0.0289. The third-order valence-electron chi connectivity index (χ3n) is 7.95. The minimum atomic E-state index is -1.29. The molecule has 0 bridgehead atoms. The number of aromatic nitrogens is 1. The molecule has 0 aliphatic carbocycles. The number of aryl methyl sites for hydroxylation is 1. The van der Waals surface area contributed by atoms with Crippen LogP contribution in [0.2, 0.25) is 0 Å². The van der Waals surface area contributed by atoms with Gasteiger partial charge in [-0.1, -0.05) is 61.3 Å². The molecule has 1 rings (SSSR count). The Kier molecular flexibility index (Phi) is 16.4. The van der Waals surface area contributed by atoms with E-state index in [0.717, 1.165) is 34.7 Å². The Morgan fingerprint density at radius 3 is 1.92 bits per heavy atom. The van der Waals surface area contributed by atoms with Crippen LogP contribution in [0, 0.1) is 18.8 Å². The van der Waals surface area contributed by atoms with Gasteiger partial charge in [-0.3, -0.25) is 24.1 Å². The highest BCUT2D eigenvalue weighted by molar-refractivity contribution is 5.79. The second-order valence-corrected chi connectivity index (χ2v) is 10.3. The quantitative estimate of drug-likeness (QED) is 0.167. The van der Waals surface area contributed by atoms with Crippen LogP contribution in [0.1, 0.15) is 97.5 Å². The Hall–Kier alpha value is -2.88. The summed E-state index contributed by atoms with van der Waals surface area (Å²) in [5, 5.41) is 30.3. The van der Waals surface area contributed by atoms with Gasteiger partial charge < -0.3 is 25.6 Å². The number of amides is 1.